The van der Waals surface area contributed by atoms with E-state index in [-0.39, 0.29) is 30.0 Å². The minimum Gasteiger partial charge on any atom is -0.385 e. The molecule has 44 heavy (non-hydrogen) atoms. The van der Waals surface area contributed by atoms with E-state index in [1.807, 2.05) is 10.9 Å². The molecule has 1 saturated heterocycles. The van der Waals surface area contributed by atoms with Crippen molar-refractivity contribution < 1.29 is 23.6 Å². The number of amides is 4. The van der Waals surface area contributed by atoms with Crippen LogP contribution in [0.15, 0.2) is 36.8 Å². The predicted octanol–water partition coefficient (Wildman–Crippen LogP) is 3.31. The van der Waals surface area contributed by atoms with Gasteiger partial charge in [0.25, 0.3) is 11.8 Å². The quantitative estimate of drug-likeness (QED) is 0.309. The van der Waals surface area contributed by atoms with Gasteiger partial charge in [0.05, 0.1) is 41.0 Å². The Morgan fingerprint density at radius 3 is 2.59 bits per heavy atom. The largest absolute Gasteiger partial charge is 0.385 e. The van der Waals surface area contributed by atoms with Crippen LogP contribution in [0.25, 0.3) is 22.2 Å². The fourth-order valence-corrected chi connectivity index (χ4v) is 6.72. The predicted molar refractivity (Wildman–Crippen MR) is 155 cm³/mol. The van der Waals surface area contributed by atoms with Crippen molar-refractivity contribution in [3.8, 4) is 11.3 Å². The van der Waals surface area contributed by atoms with Crippen LogP contribution in [0.3, 0.4) is 0 Å². The maximum Gasteiger partial charge on any atom is 0.262 e. The van der Waals surface area contributed by atoms with Gasteiger partial charge >= 0.3 is 0 Å². The lowest BCUT2D eigenvalue weighted by atomic mass is 9.80. The molecule has 3 fully saturated rings. The highest BCUT2D eigenvalue weighted by Crippen LogP contribution is 2.46. The molecule has 1 atom stereocenters. The summed E-state index contributed by atoms with van der Waals surface area (Å²) in [7, 11) is 1.72. The van der Waals surface area contributed by atoms with E-state index in [0.717, 1.165) is 47.5 Å². The van der Waals surface area contributed by atoms with E-state index in [9.17, 15) is 23.6 Å². The van der Waals surface area contributed by atoms with Crippen LogP contribution in [0.5, 0.6) is 0 Å². The van der Waals surface area contributed by atoms with Crippen LogP contribution in [0, 0.1) is 11.7 Å². The number of nitrogens with one attached hydrogen (secondary N) is 2. The molecule has 0 spiro atoms. The molecule has 1 aromatic carbocycles. The lowest BCUT2D eigenvalue weighted by molar-refractivity contribution is -0.136. The molecule has 2 aliphatic carbocycles. The number of rotatable bonds is 7. The van der Waals surface area contributed by atoms with Crippen molar-refractivity contribution in [3.63, 3.8) is 0 Å². The van der Waals surface area contributed by atoms with Crippen LogP contribution in [-0.4, -0.2) is 65.7 Å². The average Bonchev–Trinajstić information content (AvgIpc) is 3.54. The van der Waals surface area contributed by atoms with Crippen molar-refractivity contribution >= 4 is 40.2 Å². The Balaban J connectivity index is 0.941. The summed E-state index contributed by atoms with van der Waals surface area (Å²) in [5.74, 6) is -1.69. The molecule has 3 aromatic heterocycles. The van der Waals surface area contributed by atoms with E-state index in [1.54, 1.807) is 31.4 Å². The Labute approximate surface area is 250 Å². The lowest BCUT2D eigenvalue weighted by Crippen LogP contribution is -2.54. The molecular weight excluding hydrogens is 567 g/mol. The first-order valence-electron chi connectivity index (χ1n) is 14.9. The molecule has 5 heterocycles. The third-order valence-corrected chi connectivity index (χ3v) is 9.33. The van der Waals surface area contributed by atoms with Gasteiger partial charge in [-0.05, 0) is 56.2 Å². The number of anilines is 1. The highest BCUT2D eigenvalue weighted by atomic mass is 19.1. The van der Waals surface area contributed by atoms with Gasteiger partial charge in [0.2, 0.25) is 11.8 Å². The molecule has 8 rings (SSSR count). The molecule has 1 unspecified atom stereocenters. The zero-order valence-corrected chi connectivity index (χ0v) is 23.9. The van der Waals surface area contributed by atoms with E-state index in [2.05, 4.69) is 20.7 Å². The van der Waals surface area contributed by atoms with E-state index in [4.69, 9.17) is 5.10 Å². The Hall–Kier alpha value is -4.94. The van der Waals surface area contributed by atoms with Crippen LogP contribution in [0.2, 0.25) is 0 Å². The molecule has 0 bridgehead atoms. The lowest BCUT2D eigenvalue weighted by Gasteiger charge is -2.35. The average molecular weight is 597 g/mol. The first-order valence-corrected chi connectivity index (χ1v) is 14.9. The Kier molecular flexibility index (Phi) is 5.94. The molecule has 4 amide bonds. The fourth-order valence-electron chi connectivity index (χ4n) is 6.72. The van der Waals surface area contributed by atoms with Gasteiger partial charge < -0.3 is 5.32 Å². The number of pyridine rings is 1. The SMILES string of the molecule is Cn1ncc2c(-c3cn(C4CC(CNc5ccc6c(c5)C(=O)N(C5CCC(=O)NC5=O)C6=O)C4)nc3C3CC3)ncc(F)c21. The van der Waals surface area contributed by atoms with Gasteiger partial charge in [0.1, 0.15) is 11.6 Å². The monoisotopic (exact) mass is 596 g/mol. The van der Waals surface area contributed by atoms with E-state index < -0.39 is 35.5 Å². The van der Waals surface area contributed by atoms with Crippen molar-refractivity contribution in [2.75, 3.05) is 11.9 Å². The number of piperidine rings is 1. The molecule has 2 N–H and O–H groups in total. The van der Waals surface area contributed by atoms with Gasteiger partial charge in [0.15, 0.2) is 5.82 Å². The Morgan fingerprint density at radius 1 is 1.02 bits per heavy atom. The van der Waals surface area contributed by atoms with Crippen molar-refractivity contribution in [1.82, 2.24) is 34.8 Å². The summed E-state index contributed by atoms with van der Waals surface area (Å²) in [4.78, 5) is 55.4. The van der Waals surface area contributed by atoms with Crippen molar-refractivity contribution in [1.29, 1.82) is 0 Å². The summed E-state index contributed by atoms with van der Waals surface area (Å²) < 4.78 is 18.1. The third-order valence-electron chi connectivity index (χ3n) is 9.33. The van der Waals surface area contributed by atoms with E-state index >= 15 is 0 Å². The van der Waals surface area contributed by atoms with Crippen LogP contribution < -0.4 is 10.6 Å². The van der Waals surface area contributed by atoms with E-state index in [0.29, 0.717) is 35.0 Å². The molecule has 13 heteroatoms. The number of nitrogens with zero attached hydrogens (tertiary/aromatic N) is 6. The number of benzene rings is 1. The third kappa shape index (κ3) is 4.20. The zero-order chi connectivity index (χ0) is 30.3. The molecule has 4 aromatic rings. The van der Waals surface area contributed by atoms with Gasteiger partial charge in [-0.15, -0.1) is 0 Å². The van der Waals surface area contributed by atoms with Gasteiger partial charge in [-0.2, -0.15) is 10.2 Å². The van der Waals surface area contributed by atoms with E-state index in [1.165, 1.54) is 10.9 Å². The number of carbonyl (C=O) groups is 4. The zero-order valence-electron chi connectivity index (χ0n) is 23.9. The minimum absolute atomic E-state index is 0.0816. The van der Waals surface area contributed by atoms with Crippen LogP contribution in [0.1, 0.15) is 76.9 Å². The number of carbonyl (C=O) groups excluding carboxylic acids is 4. The minimum atomic E-state index is -0.985. The molecular formula is C31H29FN8O4. The number of hydrogen-bond donors (Lipinski definition) is 2. The molecule has 0 radical (unpaired) electrons. The normalized spacial score (nSPS) is 23.2. The van der Waals surface area contributed by atoms with Crippen LogP contribution >= 0.6 is 0 Å². The number of aryl methyl sites for hydroxylation is 1. The molecule has 12 nitrogen and oxygen atoms in total. The maximum absolute atomic E-state index is 14.5. The number of hydrogen-bond acceptors (Lipinski definition) is 8. The van der Waals surface area contributed by atoms with Gasteiger partial charge in [-0.3, -0.25) is 43.7 Å². The Morgan fingerprint density at radius 2 is 1.82 bits per heavy atom. The molecule has 2 saturated carbocycles. The van der Waals surface area contributed by atoms with Crippen molar-refractivity contribution in [2.45, 2.75) is 56.5 Å². The topological polar surface area (TPSA) is 144 Å². The second kappa shape index (κ2) is 9.79. The smallest absolute Gasteiger partial charge is 0.262 e. The summed E-state index contributed by atoms with van der Waals surface area (Å²) in [5, 5.41) is 15.5. The van der Waals surface area contributed by atoms with Gasteiger partial charge in [-0.1, -0.05) is 0 Å². The first kappa shape index (κ1) is 26.7. The number of fused-ring (bicyclic) bond motifs is 2. The maximum atomic E-state index is 14.5. The van der Waals surface area contributed by atoms with Crippen molar-refractivity contribution in [2.24, 2.45) is 13.0 Å². The summed E-state index contributed by atoms with van der Waals surface area (Å²) in [6, 6.07) is 4.29. The first-order chi connectivity index (χ1) is 21.3. The van der Waals surface area contributed by atoms with Crippen molar-refractivity contribution in [3.05, 3.63) is 59.4 Å². The number of halogens is 1. The summed E-state index contributed by atoms with van der Waals surface area (Å²) >= 11 is 0. The number of imide groups is 2. The highest BCUT2D eigenvalue weighted by molar-refractivity contribution is 6.23. The van der Waals surface area contributed by atoms with Gasteiger partial charge in [-0.25, -0.2) is 4.39 Å². The van der Waals surface area contributed by atoms with Crippen LogP contribution in [0.4, 0.5) is 10.1 Å². The standard InChI is InChI=1S/C31H29FN8O4/c1-38-28-21(12-35-38)27(34-13-23(28)32)22-14-39(37-26(22)16-2-3-16)18-8-15(9-18)11-33-17-4-5-19-20(10-17)31(44)40(30(19)43)24-6-7-25(41)36-29(24)42/h4-5,10,12-16,18,24,33H,2-3,6-9,11H2,1H3,(H,36,41,42). The van der Waals surface area contributed by atoms with Gasteiger partial charge in [0, 0.05) is 48.8 Å². The molecule has 4 aliphatic rings. The second-order valence-corrected chi connectivity index (χ2v) is 12.2. The highest BCUT2D eigenvalue weighted by Gasteiger charge is 2.44. The fraction of sp³-hybridized carbons (Fsp3) is 0.387. The summed E-state index contributed by atoms with van der Waals surface area (Å²) in [6.07, 6.45) is 9.17. The summed E-state index contributed by atoms with van der Waals surface area (Å²) in [5.41, 5.74) is 4.33. The van der Waals surface area contributed by atoms with Crippen LogP contribution in [-0.2, 0) is 16.6 Å². The second-order valence-electron chi connectivity index (χ2n) is 12.2. The summed E-state index contributed by atoms with van der Waals surface area (Å²) in [6.45, 7) is 0.688. The molecule has 2 aliphatic heterocycles. The molecule has 224 valence electrons. The Bertz CT molecular complexity index is 1900. The number of aromatic nitrogens is 5.